The third-order valence-corrected chi connectivity index (χ3v) is 8.22. The molecule has 1 amide bonds. The number of halogens is 1. The normalized spacial score (nSPS) is 12.0. The summed E-state index contributed by atoms with van der Waals surface area (Å²) in [5.41, 5.74) is 4.38. The van der Waals surface area contributed by atoms with Gasteiger partial charge in [-0.15, -0.1) is 0 Å². The quantitative estimate of drug-likeness (QED) is 0.0884. The number of hydrogen-bond acceptors (Lipinski definition) is 5. The Balaban J connectivity index is 1.32. The summed E-state index contributed by atoms with van der Waals surface area (Å²) in [6.07, 6.45) is 6.65. The zero-order valence-electron chi connectivity index (χ0n) is 24.8. The van der Waals surface area contributed by atoms with Gasteiger partial charge in [-0.05, 0) is 97.2 Å². The molecule has 9 heteroatoms. The lowest BCUT2D eigenvalue weighted by Gasteiger charge is -2.13. The number of ether oxygens (including phenoxy) is 2. The Hall–Kier alpha value is -3.92. The Bertz CT molecular complexity index is 1500. The fourth-order valence-corrected chi connectivity index (χ4v) is 5.61. The minimum Gasteiger partial charge on any atom is -0.611 e. The van der Waals surface area contributed by atoms with Crippen molar-refractivity contribution in [2.24, 2.45) is 0 Å². The van der Waals surface area contributed by atoms with E-state index >= 15 is 0 Å². The van der Waals surface area contributed by atoms with Crippen molar-refractivity contribution in [2.75, 3.05) is 25.1 Å². The second-order valence-corrected chi connectivity index (χ2v) is 11.4. The molecule has 226 valence electrons. The first-order valence-electron chi connectivity index (χ1n) is 14.5. The minimum atomic E-state index is -1.25. The summed E-state index contributed by atoms with van der Waals surface area (Å²) in [4.78, 5) is 17.5. The summed E-state index contributed by atoms with van der Waals surface area (Å²) in [6.45, 7) is 8.58. The van der Waals surface area contributed by atoms with Crippen molar-refractivity contribution in [3.63, 3.8) is 0 Å². The number of nitrogens with zero attached hydrogens (tertiary/aromatic N) is 2. The molecule has 0 saturated heterocycles. The van der Waals surface area contributed by atoms with Gasteiger partial charge in [-0.1, -0.05) is 31.5 Å². The van der Waals surface area contributed by atoms with E-state index in [0.29, 0.717) is 35.1 Å². The lowest BCUT2D eigenvalue weighted by atomic mass is 10.0. The number of carbonyl (C=O) groups is 1. The molecule has 0 bridgehead atoms. The number of hydrogen-bond donors (Lipinski definition) is 1. The molecule has 0 radical (unpaired) electrons. The number of aromatic nitrogens is 2. The van der Waals surface area contributed by atoms with Crippen LogP contribution in [0.5, 0.6) is 5.75 Å². The Morgan fingerprint density at radius 3 is 2.49 bits per heavy atom. The van der Waals surface area contributed by atoms with Gasteiger partial charge in [0.25, 0.3) is 0 Å². The van der Waals surface area contributed by atoms with Crippen molar-refractivity contribution in [3.8, 4) is 16.9 Å². The summed E-state index contributed by atoms with van der Waals surface area (Å²) in [5, 5.41) is 2.77. The molecule has 0 unspecified atom stereocenters. The molecule has 0 aliphatic heterocycles. The third-order valence-electron chi connectivity index (χ3n) is 6.88. The van der Waals surface area contributed by atoms with Crippen LogP contribution < -0.4 is 10.1 Å². The first-order chi connectivity index (χ1) is 20.9. The summed E-state index contributed by atoms with van der Waals surface area (Å²) in [6, 6.07) is 19.2. The highest BCUT2D eigenvalue weighted by atomic mass is 32.2. The molecule has 43 heavy (non-hydrogen) atoms. The van der Waals surface area contributed by atoms with Gasteiger partial charge in [0.2, 0.25) is 5.91 Å². The number of anilines is 1. The molecule has 0 aliphatic rings. The van der Waals surface area contributed by atoms with Gasteiger partial charge in [0, 0.05) is 30.5 Å². The van der Waals surface area contributed by atoms with Gasteiger partial charge in [0.05, 0.1) is 24.3 Å². The summed E-state index contributed by atoms with van der Waals surface area (Å²) in [7, 11) is 0. The standard InChI is InChI=1S/C34H38FN3O4S/c1-4-6-19-41-20-21-42-30-13-7-26(8-14-30)27-9-17-32(35)28(22-27)10-18-34(39)37-29-11-15-31(16-12-29)43(40)23-33-25(3)36-24-38(33)5-2/h7-18,22,24H,4-6,19-21,23H2,1-3H3,(H,37,39)/b18-10+/t43-/m1/s1. The number of imidazole rings is 1. The topological polar surface area (TPSA) is 88.4 Å². The van der Waals surface area contributed by atoms with E-state index < -0.39 is 22.9 Å². The van der Waals surface area contributed by atoms with Crippen LogP contribution in [-0.4, -0.2) is 39.8 Å². The minimum absolute atomic E-state index is 0.296. The van der Waals surface area contributed by atoms with Crippen LogP contribution in [0.1, 0.15) is 43.6 Å². The van der Waals surface area contributed by atoms with Crippen LogP contribution in [0.3, 0.4) is 0 Å². The van der Waals surface area contributed by atoms with Crippen molar-refractivity contribution in [1.29, 1.82) is 0 Å². The van der Waals surface area contributed by atoms with Crippen molar-refractivity contribution >= 4 is 28.8 Å². The van der Waals surface area contributed by atoms with Crippen molar-refractivity contribution in [2.45, 2.75) is 50.8 Å². The molecular weight excluding hydrogens is 565 g/mol. The first-order valence-corrected chi connectivity index (χ1v) is 15.8. The Morgan fingerprint density at radius 2 is 1.77 bits per heavy atom. The van der Waals surface area contributed by atoms with Gasteiger partial charge in [0.15, 0.2) is 10.6 Å². The third kappa shape index (κ3) is 9.28. The summed E-state index contributed by atoms with van der Waals surface area (Å²) in [5.74, 6) is 0.273. The number of rotatable bonds is 15. The van der Waals surface area contributed by atoms with Crippen molar-refractivity contribution in [3.05, 3.63) is 102 Å². The Kier molecular flexibility index (Phi) is 12.0. The highest BCUT2D eigenvalue weighted by Gasteiger charge is 2.17. The molecule has 7 nitrogen and oxygen atoms in total. The summed E-state index contributed by atoms with van der Waals surface area (Å²) >= 11 is -1.25. The highest BCUT2D eigenvalue weighted by molar-refractivity contribution is 7.90. The van der Waals surface area contributed by atoms with Crippen LogP contribution in [0.4, 0.5) is 10.1 Å². The first kappa shape index (κ1) is 32.0. The largest absolute Gasteiger partial charge is 0.611 e. The SMILES string of the molecule is CCCCOCCOc1ccc(-c2ccc(F)c(/C=C/C(=O)Nc3ccc([S@+]([O-])Cc4c(C)ncn4CC)cc3)c2)cc1. The van der Waals surface area contributed by atoms with E-state index in [9.17, 15) is 13.7 Å². The van der Waals surface area contributed by atoms with E-state index in [0.717, 1.165) is 54.3 Å². The molecule has 1 N–H and O–H groups in total. The Morgan fingerprint density at radius 1 is 1.02 bits per heavy atom. The molecule has 3 aromatic carbocycles. The second kappa shape index (κ2) is 16.1. The molecule has 0 fully saturated rings. The van der Waals surface area contributed by atoms with E-state index in [-0.39, 0.29) is 0 Å². The lowest BCUT2D eigenvalue weighted by molar-refractivity contribution is -0.111. The fourth-order valence-electron chi connectivity index (χ4n) is 4.38. The smallest absolute Gasteiger partial charge is 0.248 e. The van der Waals surface area contributed by atoms with E-state index in [2.05, 4.69) is 17.2 Å². The zero-order valence-corrected chi connectivity index (χ0v) is 25.7. The number of nitrogens with one attached hydrogen (secondary N) is 1. The van der Waals surface area contributed by atoms with Crippen LogP contribution in [0.15, 0.2) is 84.0 Å². The molecule has 1 heterocycles. The predicted octanol–water partition coefficient (Wildman–Crippen LogP) is 7.17. The van der Waals surface area contributed by atoms with Crippen LogP contribution in [-0.2, 0) is 33.0 Å². The molecule has 0 saturated carbocycles. The van der Waals surface area contributed by atoms with E-state index in [1.165, 1.54) is 18.2 Å². The van der Waals surface area contributed by atoms with E-state index in [4.69, 9.17) is 9.47 Å². The summed E-state index contributed by atoms with van der Waals surface area (Å²) < 4.78 is 40.7. The maximum atomic E-state index is 14.6. The molecule has 4 rings (SSSR count). The van der Waals surface area contributed by atoms with Gasteiger partial charge in [-0.3, -0.25) is 4.79 Å². The number of aryl methyl sites for hydroxylation is 2. The van der Waals surface area contributed by atoms with E-state index in [1.54, 1.807) is 42.7 Å². The van der Waals surface area contributed by atoms with Gasteiger partial charge in [0.1, 0.15) is 18.2 Å². The number of benzene rings is 3. The fraction of sp³-hybridized carbons (Fsp3) is 0.294. The number of unbranched alkanes of at least 4 members (excludes halogenated alkanes) is 1. The molecule has 0 spiro atoms. The van der Waals surface area contributed by atoms with Gasteiger partial charge in [-0.2, -0.15) is 0 Å². The maximum absolute atomic E-state index is 14.6. The number of carbonyl (C=O) groups excluding carboxylic acids is 1. The Labute approximate surface area is 255 Å². The highest BCUT2D eigenvalue weighted by Crippen LogP contribution is 2.26. The average molecular weight is 604 g/mol. The van der Waals surface area contributed by atoms with Crippen LogP contribution in [0.2, 0.25) is 0 Å². The van der Waals surface area contributed by atoms with Crippen molar-refractivity contribution < 1.29 is 23.2 Å². The second-order valence-electron chi connectivity index (χ2n) is 9.97. The molecule has 1 atom stereocenters. The molecule has 1 aromatic heterocycles. The van der Waals surface area contributed by atoms with E-state index in [1.807, 2.05) is 42.7 Å². The number of amides is 1. The molecular formula is C34H38FN3O4S. The lowest BCUT2D eigenvalue weighted by Crippen LogP contribution is -2.11. The van der Waals surface area contributed by atoms with Gasteiger partial charge in [-0.25, -0.2) is 9.37 Å². The average Bonchev–Trinajstić information content (AvgIpc) is 3.37. The van der Waals surface area contributed by atoms with Crippen LogP contribution >= 0.6 is 0 Å². The predicted molar refractivity (Wildman–Crippen MR) is 170 cm³/mol. The maximum Gasteiger partial charge on any atom is 0.248 e. The molecule has 0 aliphatic carbocycles. The van der Waals surface area contributed by atoms with Gasteiger partial charge >= 0.3 is 0 Å². The van der Waals surface area contributed by atoms with Gasteiger partial charge < -0.3 is 23.9 Å². The molecule has 4 aromatic rings. The van der Waals surface area contributed by atoms with Crippen LogP contribution in [0, 0.1) is 12.7 Å². The van der Waals surface area contributed by atoms with Crippen LogP contribution in [0.25, 0.3) is 17.2 Å². The van der Waals surface area contributed by atoms with Crippen molar-refractivity contribution in [1.82, 2.24) is 9.55 Å². The monoisotopic (exact) mass is 603 g/mol. The zero-order chi connectivity index (χ0) is 30.6.